The molecule has 0 aromatic heterocycles. The fourth-order valence-electron chi connectivity index (χ4n) is 3.42. The Labute approximate surface area is 143 Å². The van der Waals surface area contributed by atoms with Crippen LogP contribution in [0.15, 0.2) is 24.3 Å². The molecule has 1 N–H and O–H groups in total. The number of carbonyl (C=O) groups is 1. The molecule has 3 rings (SSSR count). The topological polar surface area (TPSA) is 43.8 Å². The third-order valence-electron chi connectivity index (χ3n) is 5.05. The lowest BCUT2D eigenvalue weighted by Crippen LogP contribution is -2.39. The summed E-state index contributed by atoms with van der Waals surface area (Å²) in [4.78, 5) is 16.5. The number of carbonyl (C=O) groups excluding carboxylic acids is 1. The van der Waals surface area contributed by atoms with Crippen molar-refractivity contribution in [2.75, 3.05) is 26.2 Å². The zero-order valence-corrected chi connectivity index (χ0v) is 14.2. The van der Waals surface area contributed by atoms with E-state index in [0.717, 1.165) is 44.3 Å². The summed E-state index contributed by atoms with van der Waals surface area (Å²) < 4.78 is 13.0. The van der Waals surface area contributed by atoms with Crippen molar-refractivity contribution in [3.05, 3.63) is 35.6 Å². The normalized spacial score (nSPS) is 19.5. The molecule has 1 atom stereocenters. The van der Waals surface area contributed by atoms with E-state index in [9.17, 15) is 14.3 Å². The molecule has 2 aliphatic rings. The zero-order chi connectivity index (χ0) is 16.9. The summed E-state index contributed by atoms with van der Waals surface area (Å²) in [7, 11) is 0. The lowest BCUT2D eigenvalue weighted by molar-refractivity contribution is -0.132. The Balaban J connectivity index is 1.51. The Kier molecular flexibility index (Phi) is 5.85. The number of aliphatic hydroxyl groups excluding tert-OH is 1. The fourth-order valence-corrected chi connectivity index (χ4v) is 3.42. The van der Waals surface area contributed by atoms with Crippen LogP contribution in [-0.2, 0) is 4.79 Å². The van der Waals surface area contributed by atoms with Gasteiger partial charge in [0.05, 0.1) is 6.10 Å². The molecule has 1 unspecified atom stereocenters. The maximum absolute atomic E-state index is 13.0. The van der Waals surface area contributed by atoms with Crippen molar-refractivity contribution >= 4 is 5.91 Å². The lowest BCUT2D eigenvalue weighted by Gasteiger charge is -2.29. The SMILES string of the molecule is O=C(CCN(CC(O)c1ccc(F)cc1)C1CC1)N1CCCCC1. The van der Waals surface area contributed by atoms with Crippen LogP contribution in [0.25, 0.3) is 0 Å². The molecule has 5 heteroatoms. The fraction of sp³-hybridized carbons (Fsp3) is 0.632. The van der Waals surface area contributed by atoms with Crippen molar-refractivity contribution in [3.63, 3.8) is 0 Å². The van der Waals surface area contributed by atoms with Crippen LogP contribution < -0.4 is 0 Å². The average Bonchev–Trinajstić information content (AvgIpc) is 3.44. The van der Waals surface area contributed by atoms with E-state index in [1.54, 1.807) is 12.1 Å². The Morgan fingerprint density at radius 2 is 1.88 bits per heavy atom. The Morgan fingerprint density at radius 1 is 1.21 bits per heavy atom. The molecule has 1 aliphatic carbocycles. The second-order valence-electron chi connectivity index (χ2n) is 6.98. The number of amides is 1. The molecule has 132 valence electrons. The monoisotopic (exact) mass is 334 g/mol. The number of hydrogen-bond acceptors (Lipinski definition) is 3. The van der Waals surface area contributed by atoms with Crippen molar-refractivity contribution < 1.29 is 14.3 Å². The van der Waals surface area contributed by atoms with Gasteiger partial charge in [0, 0.05) is 38.6 Å². The van der Waals surface area contributed by atoms with Gasteiger partial charge in [-0.1, -0.05) is 12.1 Å². The minimum absolute atomic E-state index is 0.233. The molecule has 1 amide bonds. The van der Waals surface area contributed by atoms with E-state index in [4.69, 9.17) is 0 Å². The Bertz CT molecular complexity index is 539. The molecule has 0 spiro atoms. The molecule has 4 nitrogen and oxygen atoms in total. The number of hydrogen-bond donors (Lipinski definition) is 1. The molecule has 1 aromatic carbocycles. The highest BCUT2D eigenvalue weighted by Gasteiger charge is 2.31. The summed E-state index contributed by atoms with van der Waals surface area (Å²) in [5, 5.41) is 10.4. The maximum atomic E-state index is 13.0. The summed E-state index contributed by atoms with van der Waals surface area (Å²) in [5.74, 6) is -0.0613. The lowest BCUT2D eigenvalue weighted by atomic mass is 10.1. The molecule has 1 aromatic rings. The highest BCUT2D eigenvalue weighted by atomic mass is 19.1. The van der Waals surface area contributed by atoms with Gasteiger partial charge in [0.2, 0.25) is 5.91 Å². The van der Waals surface area contributed by atoms with E-state index in [2.05, 4.69) is 4.90 Å². The first-order valence-electron chi connectivity index (χ1n) is 9.09. The highest BCUT2D eigenvalue weighted by Crippen LogP contribution is 2.29. The van der Waals surface area contributed by atoms with E-state index < -0.39 is 6.10 Å². The summed E-state index contributed by atoms with van der Waals surface area (Å²) in [6.07, 6.45) is 5.59. The van der Waals surface area contributed by atoms with Gasteiger partial charge in [-0.25, -0.2) is 4.39 Å². The summed E-state index contributed by atoms with van der Waals surface area (Å²) in [6, 6.07) is 6.49. The number of rotatable bonds is 7. The number of piperidine rings is 1. The van der Waals surface area contributed by atoms with Gasteiger partial charge in [-0.15, -0.1) is 0 Å². The summed E-state index contributed by atoms with van der Waals surface area (Å²) >= 11 is 0. The molecule has 1 aliphatic heterocycles. The minimum atomic E-state index is -0.642. The standard InChI is InChI=1S/C19H27FN2O2/c20-16-6-4-15(5-7-16)18(23)14-22(17-8-9-17)13-10-19(24)21-11-2-1-3-12-21/h4-7,17-18,23H,1-3,8-14H2. The summed E-state index contributed by atoms with van der Waals surface area (Å²) in [6.45, 7) is 2.97. The molecular weight excluding hydrogens is 307 g/mol. The van der Waals surface area contributed by atoms with E-state index in [-0.39, 0.29) is 11.7 Å². The number of likely N-dealkylation sites (tertiary alicyclic amines) is 1. The van der Waals surface area contributed by atoms with Crippen molar-refractivity contribution in [3.8, 4) is 0 Å². The van der Waals surface area contributed by atoms with Crippen LogP contribution in [0, 0.1) is 5.82 Å². The molecule has 2 fully saturated rings. The second kappa shape index (κ2) is 8.08. The Morgan fingerprint density at radius 3 is 2.50 bits per heavy atom. The van der Waals surface area contributed by atoms with Crippen LogP contribution in [-0.4, -0.2) is 53.0 Å². The number of aliphatic hydroxyl groups is 1. The average molecular weight is 334 g/mol. The summed E-state index contributed by atoms with van der Waals surface area (Å²) in [5.41, 5.74) is 0.726. The largest absolute Gasteiger partial charge is 0.387 e. The van der Waals surface area contributed by atoms with E-state index in [0.29, 0.717) is 25.6 Å². The zero-order valence-electron chi connectivity index (χ0n) is 14.2. The first-order chi connectivity index (χ1) is 11.6. The van der Waals surface area contributed by atoms with Gasteiger partial charge >= 0.3 is 0 Å². The molecule has 1 saturated heterocycles. The Hall–Kier alpha value is -1.46. The van der Waals surface area contributed by atoms with Crippen LogP contribution in [0.4, 0.5) is 4.39 Å². The third-order valence-corrected chi connectivity index (χ3v) is 5.05. The van der Waals surface area contributed by atoms with Gasteiger partial charge in [0.15, 0.2) is 0 Å². The van der Waals surface area contributed by atoms with Crippen LogP contribution in [0.1, 0.15) is 50.2 Å². The van der Waals surface area contributed by atoms with Gasteiger partial charge in [0.1, 0.15) is 5.82 Å². The van der Waals surface area contributed by atoms with Crippen molar-refractivity contribution in [1.29, 1.82) is 0 Å². The van der Waals surface area contributed by atoms with Gasteiger partial charge < -0.3 is 10.0 Å². The van der Waals surface area contributed by atoms with Crippen LogP contribution in [0.5, 0.6) is 0 Å². The van der Waals surface area contributed by atoms with Crippen molar-refractivity contribution in [1.82, 2.24) is 9.80 Å². The quantitative estimate of drug-likeness (QED) is 0.834. The second-order valence-corrected chi connectivity index (χ2v) is 6.98. The predicted octanol–water partition coefficient (Wildman–Crippen LogP) is 2.73. The van der Waals surface area contributed by atoms with E-state index in [1.165, 1.54) is 18.6 Å². The number of halogens is 1. The van der Waals surface area contributed by atoms with Crippen LogP contribution >= 0.6 is 0 Å². The predicted molar refractivity (Wildman–Crippen MR) is 91.0 cm³/mol. The van der Waals surface area contributed by atoms with Gasteiger partial charge in [-0.2, -0.15) is 0 Å². The molecule has 1 heterocycles. The van der Waals surface area contributed by atoms with Crippen molar-refractivity contribution in [2.45, 2.75) is 50.7 Å². The molecular formula is C19H27FN2O2. The highest BCUT2D eigenvalue weighted by molar-refractivity contribution is 5.76. The third kappa shape index (κ3) is 4.77. The first kappa shape index (κ1) is 17.4. The minimum Gasteiger partial charge on any atom is -0.387 e. The number of benzene rings is 1. The molecule has 0 bridgehead atoms. The first-order valence-corrected chi connectivity index (χ1v) is 9.09. The van der Waals surface area contributed by atoms with E-state index in [1.807, 2.05) is 4.90 Å². The maximum Gasteiger partial charge on any atom is 0.223 e. The molecule has 24 heavy (non-hydrogen) atoms. The van der Waals surface area contributed by atoms with Crippen LogP contribution in [0.3, 0.4) is 0 Å². The van der Waals surface area contributed by atoms with E-state index >= 15 is 0 Å². The van der Waals surface area contributed by atoms with Gasteiger partial charge in [0.25, 0.3) is 0 Å². The number of nitrogens with zero attached hydrogens (tertiary/aromatic N) is 2. The van der Waals surface area contributed by atoms with Gasteiger partial charge in [-0.3, -0.25) is 9.69 Å². The molecule has 1 saturated carbocycles. The van der Waals surface area contributed by atoms with Gasteiger partial charge in [-0.05, 0) is 49.8 Å². The smallest absolute Gasteiger partial charge is 0.223 e. The van der Waals surface area contributed by atoms with Crippen LogP contribution in [0.2, 0.25) is 0 Å². The molecule has 0 radical (unpaired) electrons. The van der Waals surface area contributed by atoms with Crippen molar-refractivity contribution in [2.24, 2.45) is 0 Å².